The monoisotopic (exact) mass is 764 g/mol. The molecule has 8 nitrogen and oxygen atoms in total. The summed E-state index contributed by atoms with van der Waals surface area (Å²) in [7, 11) is 0. The smallest absolute Gasteiger partial charge is 0.312 e. The maximum Gasteiger partial charge on any atom is 0.449 e. The maximum atomic E-state index is 10.8. The van der Waals surface area contributed by atoms with Crippen molar-refractivity contribution in [2.75, 3.05) is 6.54 Å². The Labute approximate surface area is 308 Å². The lowest BCUT2D eigenvalue weighted by molar-refractivity contribution is -0.662. The van der Waals surface area contributed by atoms with Gasteiger partial charge in [-0.2, -0.15) is 28.3 Å². The number of rotatable bonds is 11. The highest BCUT2D eigenvalue weighted by Gasteiger charge is 2.33. The van der Waals surface area contributed by atoms with Crippen LogP contribution in [0.1, 0.15) is 46.1 Å². The molecular formula is C40H34BrF3N7O+. The molecule has 0 unspecified atom stereocenters. The molecule has 0 saturated heterocycles. The Hall–Kier alpha value is -5.69. The summed E-state index contributed by atoms with van der Waals surface area (Å²) in [5, 5.41) is 28.4. The van der Waals surface area contributed by atoms with Crippen molar-refractivity contribution >= 4 is 32.6 Å². The highest BCUT2D eigenvalue weighted by atomic mass is 79.9. The molecule has 0 bridgehead atoms. The van der Waals surface area contributed by atoms with Gasteiger partial charge in [-0.15, -0.1) is 10.2 Å². The van der Waals surface area contributed by atoms with E-state index in [0.717, 1.165) is 46.5 Å². The SMILES string of the molecule is CC(=O)C(F)(F)F.N#Cc1ccc(Cn2cnnc2CN(CCc2ccc(Br)cc2)Cc2cc3ccccc3[n+](Cc3ccc(C#N)cc3)c2)cc1. The van der Waals surface area contributed by atoms with E-state index in [1.807, 2.05) is 48.5 Å². The number of benzene rings is 4. The predicted molar refractivity (Wildman–Crippen MR) is 193 cm³/mol. The summed E-state index contributed by atoms with van der Waals surface area (Å²) in [4.78, 5) is 11.8. The summed E-state index contributed by atoms with van der Waals surface area (Å²) in [5.74, 6) is -0.867. The molecule has 0 aliphatic carbocycles. The minimum absolute atomic E-state index is 0.486. The molecular weight excluding hydrogens is 731 g/mol. The number of aromatic nitrogens is 4. The molecule has 0 radical (unpaired) electrons. The van der Waals surface area contributed by atoms with Gasteiger partial charge < -0.3 is 4.57 Å². The molecule has 4 aromatic carbocycles. The number of fused-ring (bicyclic) bond motifs is 1. The van der Waals surface area contributed by atoms with Gasteiger partial charge in [-0.3, -0.25) is 9.69 Å². The Morgan fingerprint density at radius 2 is 1.44 bits per heavy atom. The van der Waals surface area contributed by atoms with Crippen molar-refractivity contribution < 1.29 is 22.5 Å². The number of hydrogen-bond acceptors (Lipinski definition) is 6. The molecule has 262 valence electrons. The number of pyridine rings is 1. The van der Waals surface area contributed by atoms with Crippen LogP contribution in [0.3, 0.4) is 0 Å². The van der Waals surface area contributed by atoms with Crippen molar-refractivity contribution in [2.45, 2.75) is 45.7 Å². The molecule has 12 heteroatoms. The number of nitriles is 2. The molecule has 0 aliphatic rings. The normalized spacial score (nSPS) is 11.1. The Kier molecular flexibility index (Phi) is 12.6. The van der Waals surface area contributed by atoms with Crippen molar-refractivity contribution in [1.29, 1.82) is 10.5 Å². The van der Waals surface area contributed by atoms with Crippen LogP contribution in [0.5, 0.6) is 0 Å². The summed E-state index contributed by atoms with van der Waals surface area (Å²) >= 11 is 3.55. The number of carbonyl (C=O) groups excluding carboxylic acids is 1. The number of halogens is 4. The van der Waals surface area contributed by atoms with Gasteiger partial charge in [-0.25, -0.2) is 0 Å². The largest absolute Gasteiger partial charge is 0.449 e. The van der Waals surface area contributed by atoms with Crippen molar-refractivity contribution in [3.05, 3.63) is 159 Å². The lowest BCUT2D eigenvalue weighted by Crippen LogP contribution is -2.36. The zero-order chi connectivity index (χ0) is 37.1. The average molecular weight is 766 g/mol. The highest BCUT2D eigenvalue weighted by Crippen LogP contribution is 2.18. The first-order chi connectivity index (χ1) is 25.0. The van der Waals surface area contributed by atoms with E-state index in [2.05, 4.69) is 113 Å². The minimum Gasteiger partial charge on any atom is -0.312 e. The van der Waals surface area contributed by atoms with Gasteiger partial charge >= 0.3 is 6.18 Å². The van der Waals surface area contributed by atoms with Crippen LogP contribution in [-0.4, -0.2) is 38.2 Å². The third kappa shape index (κ3) is 10.7. The fraction of sp³-hybridized carbons (Fsp3) is 0.200. The topological polar surface area (TPSA) is 102 Å². The molecule has 0 spiro atoms. The number of alkyl halides is 3. The number of Topliss-reactive ketones (excluding diaryl/α,β-unsaturated/α-hetero) is 1. The molecule has 0 N–H and O–H groups in total. The molecule has 52 heavy (non-hydrogen) atoms. The van der Waals surface area contributed by atoms with Crippen LogP contribution < -0.4 is 4.57 Å². The van der Waals surface area contributed by atoms with E-state index in [9.17, 15) is 23.2 Å². The standard InChI is InChI=1S/C37H31BrN7.C3H3F3O/c38-35-15-13-28(14-16-35)17-18-43(26-37-42-41-27-45(37)24-32-11-7-30(21-40)8-12-32)22-33-19-34-3-1-2-4-36(34)44(25-33)23-31-9-5-29(20-39)6-10-31;1-2(7)3(4,5)6/h1-16,19,25,27H,17-18,22-24,26H2;1H3/q+1;. The molecule has 6 rings (SSSR count). The van der Waals surface area contributed by atoms with E-state index >= 15 is 0 Å². The Morgan fingerprint density at radius 1 is 0.846 bits per heavy atom. The highest BCUT2D eigenvalue weighted by molar-refractivity contribution is 9.10. The molecule has 2 heterocycles. The van der Waals surface area contributed by atoms with Gasteiger partial charge in [0.15, 0.2) is 12.7 Å². The van der Waals surface area contributed by atoms with Crippen molar-refractivity contribution in [2.24, 2.45) is 0 Å². The molecule has 6 aromatic rings. The second-order valence-electron chi connectivity index (χ2n) is 12.2. The van der Waals surface area contributed by atoms with Gasteiger partial charge in [-0.1, -0.05) is 64.5 Å². The van der Waals surface area contributed by atoms with E-state index in [4.69, 9.17) is 5.26 Å². The van der Waals surface area contributed by atoms with Crippen LogP contribution >= 0.6 is 15.9 Å². The number of para-hydroxylation sites is 1. The Balaban J connectivity index is 0.000000679. The van der Waals surface area contributed by atoms with Crippen molar-refractivity contribution in [3.63, 3.8) is 0 Å². The number of carbonyl (C=O) groups is 1. The molecule has 0 fully saturated rings. The molecule has 0 aliphatic heterocycles. The van der Waals surface area contributed by atoms with Crippen LogP contribution in [0.2, 0.25) is 0 Å². The van der Waals surface area contributed by atoms with Crippen LogP contribution in [0, 0.1) is 22.7 Å². The fourth-order valence-corrected chi connectivity index (χ4v) is 5.77. The van der Waals surface area contributed by atoms with E-state index < -0.39 is 12.0 Å². The lowest BCUT2D eigenvalue weighted by Gasteiger charge is -2.22. The maximum absolute atomic E-state index is 10.8. The number of nitrogens with zero attached hydrogens (tertiary/aromatic N) is 7. The zero-order valence-electron chi connectivity index (χ0n) is 28.3. The summed E-state index contributed by atoms with van der Waals surface area (Å²) in [6, 6.07) is 39.1. The van der Waals surface area contributed by atoms with Crippen LogP contribution in [0.4, 0.5) is 13.2 Å². The summed E-state index contributed by atoms with van der Waals surface area (Å²) < 4.78 is 37.9. The first kappa shape index (κ1) is 37.6. The second-order valence-corrected chi connectivity index (χ2v) is 13.1. The zero-order valence-corrected chi connectivity index (χ0v) is 29.8. The fourth-order valence-electron chi connectivity index (χ4n) is 5.50. The summed E-state index contributed by atoms with van der Waals surface area (Å²) in [6.45, 7) is 4.04. The molecule has 2 aromatic heterocycles. The van der Waals surface area contributed by atoms with E-state index in [1.54, 1.807) is 6.33 Å². The van der Waals surface area contributed by atoms with Gasteiger partial charge in [0, 0.05) is 47.1 Å². The summed E-state index contributed by atoms with van der Waals surface area (Å²) in [6.07, 6.45) is 0.284. The lowest BCUT2D eigenvalue weighted by atomic mass is 10.1. The van der Waals surface area contributed by atoms with E-state index in [0.29, 0.717) is 37.7 Å². The summed E-state index contributed by atoms with van der Waals surface area (Å²) in [5.41, 5.74) is 7.19. The van der Waals surface area contributed by atoms with Crippen molar-refractivity contribution in [1.82, 2.24) is 19.7 Å². The molecule has 0 atom stereocenters. The van der Waals surface area contributed by atoms with Crippen LogP contribution in [0.25, 0.3) is 10.9 Å². The molecule has 0 saturated carbocycles. The van der Waals surface area contributed by atoms with Gasteiger partial charge in [0.2, 0.25) is 11.3 Å². The Bertz CT molecular complexity index is 2200. The van der Waals surface area contributed by atoms with Crippen LogP contribution in [-0.2, 0) is 37.4 Å². The van der Waals surface area contributed by atoms with Crippen molar-refractivity contribution in [3.8, 4) is 12.1 Å². The minimum atomic E-state index is -4.64. The third-order valence-corrected chi connectivity index (χ3v) is 8.81. The van der Waals surface area contributed by atoms with Gasteiger partial charge in [0.05, 0.1) is 36.4 Å². The van der Waals surface area contributed by atoms with Gasteiger partial charge in [-0.05, 0) is 66.1 Å². The van der Waals surface area contributed by atoms with E-state index in [-0.39, 0.29) is 0 Å². The number of ketones is 1. The first-order valence-electron chi connectivity index (χ1n) is 16.3. The first-order valence-corrected chi connectivity index (χ1v) is 17.1. The third-order valence-electron chi connectivity index (χ3n) is 8.28. The van der Waals surface area contributed by atoms with E-state index in [1.165, 1.54) is 16.5 Å². The Morgan fingerprint density at radius 3 is 2.06 bits per heavy atom. The second kappa shape index (κ2) is 17.5. The van der Waals surface area contributed by atoms with Gasteiger partial charge in [0.25, 0.3) is 0 Å². The predicted octanol–water partition coefficient (Wildman–Crippen LogP) is 7.70. The quantitative estimate of drug-likeness (QED) is 0.125. The number of hydrogen-bond donors (Lipinski definition) is 0. The average Bonchev–Trinajstić information content (AvgIpc) is 3.57. The molecule has 0 amide bonds. The van der Waals surface area contributed by atoms with Gasteiger partial charge in [0.1, 0.15) is 12.2 Å². The van der Waals surface area contributed by atoms with Crippen LogP contribution in [0.15, 0.2) is 120 Å².